The first-order valence-electron chi connectivity index (χ1n) is 5.31. The highest BCUT2D eigenvalue weighted by Gasteiger charge is 2.13. The van der Waals surface area contributed by atoms with Crippen LogP contribution in [0.2, 0.25) is 0 Å². The van der Waals surface area contributed by atoms with Crippen molar-refractivity contribution < 1.29 is 0 Å². The second-order valence-corrected chi connectivity index (χ2v) is 4.19. The van der Waals surface area contributed by atoms with E-state index in [0.717, 1.165) is 6.42 Å². The van der Waals surface area contributed by atoms with Crippen molar-refractivity contribution in [2.75, 3.05) is 0 Å². The normalized spacial score (nSPS) is 13.0. The maximum Gasteiger partial charge on any atom is 0.0297 e. The zero-order chi connectivity index (χ0) is 10.9. The van der Waals surface area contributed by atoms with Gasteiger partial charge in [0.05, 0.1) is 0 Å². The molecule has 0 heterocycles. The Balaban J connectivity index is 3.39. The first-order chi connectivity index (χ1) is 6.49. The van der Waals surface area contributed by atoms with Crippen LogP contribution in [0.4, 0.5) is 0 Å². The van der Waals surface area contributed by atoms with Crippen molar-refractivity contribution in [1.29, 1.82) is 0 Å². The number of hydrogen-bond acceptors (Lipinski definition) is 1. The Labute approximate surface area is 87.3 Å². The van der Waals surface area contributed by atoms with Gasteiger partial charge in [-0.2, -0.15) is 0 Å². The van der Waals surface area contributed by atoms with Gasteiger partial charge >= 0.3 is 0 Å². The van der Waals surface area contributed by atoms with Gasteiger partial charge in [0.15, 0.2) is 0 Å². The van der Waals surface area contributed by atoms with E-state index in [1.165, 1.54) is 27.8 Å². The summed E-state index contributed by atoms with van der Waals surface area (Å²) in [5, 5.41) is 0. The molecule has 1 aromatic rings. The predicted molar refractivity (Wildman–Crippen MR) is 62.6 cm³/mol. The highest BCUT2D eigenvalue weighted by atomic mass is 14.6. The molecular weight excluding hydrogens is 170 g/mol. The van der Waals surface area contributed by atoms with Crippen molar-refractivity contribution in [1.82, 2.24) is 0 Å². The first kappa shape index (κ1) is 11.3. The smallest absolute Gasteiger partial charge is 0.0297 e. The lowest BCUT2D eigenvalue weighted by molar-refractivity contribution is 0.687. The van der Waals surface area contributed by atoms with Gasteiger partial charge in [-0.05, 0) is 61.9 Å². The molecule has 0 amide bonds. The average Bonchev–Trinajstić information content (AvgIpc) is 2.15. The molecule has 0 aliphatic rings. The minimum absolute atomic E-state index is 0.189. The van der Waals surface area contributed by atoms with Crippen LogP contribution in [0.3, 0.4) is 0 Å². The average molecular weight is 191 g/mol. The number of rotatable bonds is 2. The van der Waals surface area contributed by atoms with Gasteiger partial charge in [0.1, 0.15) is 0 Å². The van der Waals surface area contributed by atoms with E-state index in [2.05, 4.69) is 40.7 Å². The quantitative estimate of drug-likeness (QED) is 0.762. The molecule has 0 aliphatic carbocycles. The minimum Gasteiger partial charge on any atom is -0.324 e. The zero-order valence-electron chi connectivity index (χ0n) is 9.94. The molecule has 2 N–H and O–H groups in total. The third-order valence-corrected chi connectivity index (χ3v) is 3.23. The summed E-state index contributed by atoms with van der Waals surface area (Å²) in [6, 6.07) is 2.44. The fourth-order valence-electron chi connectivity index (χ4n) is 2.01. The third-order valence-electron chi connectivity index (χ3n) is 3.23. The summed E-state index contributed by atoms with van der Waals surface area (Å²) >= 11 is 0. The van der Waals surface area contributed by atoms with Gasteiger partial charge in [0, 0.05) is 6.04 Å². The first-order valence-corrected chi connectivity index (χ1v) is 5.31. The van der Waals surface area contributed by atoms with Crippen LogP contribution in [0.5, 0.6) is 0 Å². The topological polar surface area (TPSA) is 26.0 Å². The van der Waals surface area contributed by atoms with Gasteiger partial charge in [-0.3, -0.25) is 0 Å². The molecule has 1 rings (SSSR count). The van der Waals surface area contributed by atoms with Crippen LogP contribution >= 0.6 is 0 Å². The standard InChI is InChI=1S/C13H21N/c1-6-12(14)13-10(4)8(2)7-9(3)11(13)5/h7,12H,6,14H2,1-5H3/t12-/m1/s1. The van der Waals surface area contributed by atoms with Gasteiger partial charge in [-0.25, -0.2) is 0 Å². The summed E-state index contributed by atoms with van der Waals surface area (Å²) in [6.45, 7) is 10.8. The maximum atomic E-state index is 6.13. The molecule has 1 nitrogen and oxygen atoms in total. The molecule has 0 aromatic heterocycles. The van der Waals surface area contributed by atoms with Crippen molar-refractivity contribution in [2.24, 2.45) is 5.73 Å². The molecule has 1 heteroatoms. The SMILES string of the molecule is CC[C@@H](N)c1c(C)c(C)cc(C)c1C. The Bertz CT molecular complexity index is 313. The number of aryl methyl sites for hydroxylation is 2. The van der Waals surface area contributed by atoms with Gasteiger partial charge in [-0.1, -0.05) is 13.0 Å². The van der Waals surface area contributed by atoms with Gasteiger partial charge in [-0.15, -0.1) is 0 Å². The van der Waals surface area contributed by atoms with E-state index in [9.17, 15) is 0 Å². The highest BCUT2D eigenvalue weighted by molar-refractivity contribution is 5.45. The van der Waals surface area contributed by atoms with Crippen LogP contribution in [-0.4, -0.2) is 0 Å². The van der Waals surface area contributed by atoms with E-state index < -0.39 is 0 Å². The molecule has 14 heavy (non-hydrogen) atoms. The summed E-state index contributed by atoms with van der Waals surface area (Å²) in [5.41, 5.74) is 12.9. The highest BCUT2D eigenvalue weighted by Crippen LogP contribution is 2.27. The molecule has 0 radical (unpaired) electrons. The molecule has 0 saturated carbocycles. The fourth-order valence-corrected chi connectivity index (χ4v) is 2.01. The minimum atomic E-state index is 0.189. The molecule has 0 fully saturated rings. The third kappa shape index (κ3) is 1.83. The van der Waals surface area contributed by atoms with E-state index in [4.69, 9.17) is 5.73 Å². The molecule has 0 saturated heterocycles. The lowest BCUT2D eigenvalue weighted by Gasteiger charge is -2.19. The van der Waals surface area contributed by atoms with Gasteiger partial charge in [0.25, 0.3) is 0 Å². The predicted octanol–water partition coefficient (Wildman–Crippen LogP) is 3.33. The lowest BCUT2D eigenvalue weighted by Crippen LogP contribution is -2.13. The second-order valence-electron chi connectivity index (χ2n) is 4.19. The summed E-state index contributed by atoms with van der Waals surface area (Å²) in [5.74, 6) is 0. The van der Waals surface area contributed by atoms with Gasteiger partial charge < -0.3 is 5.73 Å². The number of hydrogen-bond donors (Lipinski definition) is 1. The van der Waals surface area contributed by atoms with Crippen molar-refractivity contribution in [2.45, 2.75) is 47.1 Å². The largest absolute Gasteiger partial charge is 0.324 e. The molecule has 0 spiro atoms. The van der Waals surface area contributed by atoms with Crippen LogP contribution in [0.25, 0.3) is 0 Å². The van der Waals surface area contributed by atoms with E-state index in [1.807, 2.05) is 0 Å². The summed E-state index contributed by atoms with van der Waals surface area (Å²) in [4.78, 5) is 0. The Morgan fingerprint density at radius 1 is 1.07 bits per heavy atom. The van der Waals surface area contributed by atoms with Gasteiger partial charge in [0.2, 0.25) is 0 Å². The van der Waals surface area contributed by atoms with Crippen molar-refractivity contribution in [3.63, 3.8) is 0 Å². The molecule has 1 aromatic carbocycles. The van der Waals surface area contributed by atoms with Crippen LogP contribution in [0.1, 0.15) is 47.2 Å². The van der Waals surface area contributed by atoms with Crippen LogP contribution in [-0.2, 0) is 0 Å². The van der Waals surface area contributed by atoms with E-state index in [-0.39, 0.29) is 6.04 Å². The molecule has 0 bridgehead atoms. The van der Waals surface area contributed by atoms with Crippen molar-refractivity contribution >= 4 is 0 Å². The molecular formula is C13H21N. The number of nitrogens with two attached hydrogens (primary N) is 1. The monoisotopic (exact) mass is 191 g/mol. The van der Waals surface area contributed by atoms with Crippen LogP contribution < -0.4 is 5.73 Å². The summed E-state index contributed by atoms with van der Waals surface area (Å²) in [7, 11) is 0. The maximum absolute atomic E-state index is 6.13. The van der Waals surface area contributed by atoms with Crippen molar-refractivity contribution in [3.8, 4) is 0 Å². The molecule has 0 aliphatic heterocycles. The van der Waals surface area contributed by atoms with E-state index in [0.29, 0.717) is 0 Å². The Kier molecular flexibility index (Phi) is 3.33. The Morgan fingerprint density at radius 3 is 1.86 bits per heavy atom. The molecule has 0 unspecified atom stereocenters. The van der Waals surface area contributed by atoms with Crippen LogP contribution in [0.15, 0.2) is 6.07 Å². The van der Waals surface area contributed by atoms with E-state index >= 15 is 0 Å². The lowest BCUT2D eigenvalue weighted by atomic mass is 9.89. The summed E-state index contributed by atoms with van der Waals surface area (Å²) < 4.78 is 0. The Morgan fingerprint density at radius 2 is 1.50 bits per heavy atom. The van der Waals surface area contributed by atoms with E-state index in [1.54, 1.807) is 0 Å². The second kappa shape index (κ2) is 4.14. The van der Waals surface area contributed by atoms with Crippen LogP contribution in [0, 0.1) is 27.7 Å². The fraction of sp³-hybridized carbons (Fsp3) is 0.538. The Hall–Kier alpha value is -0.820. The van der Waals surface area contributed by atoms with Crippen molar-refractivity contribution in [3.05, 3.63) is 33.9 Å². The molecule has 78 valence electrons. The summed E-state index contributed by atoms with van der Waals surface area (Å²) in [6.07, 6.45) is 1.00. The zero-order valence-corrected chi connectivity index (χ0v) is 9.94. The molecule has 1 atom stereocenters. The number of benzene rings is 1.